The summed E-state index contributed by atoms with van der Waals surface area (Å²) >= 11 is 5.93. The maximum Gasteiger partial charge on any atom is 0.141 e. The molecule has 0 radical (unpaired) electrons. The quantitative estimate of drug-likeness (QED) is 0.762. The first-order valence-corrected chi connectivity index (χ1v) is 6.03. The van der Waals surface area contributed by atoms with Crippen molar-refractivity contribution in [2.24, 2.45) is 0 Å². The van der Waals surface area contributed by atoms with Crippen LogP contribution >= 0.6 is 11.6 Å². The third-order valence-corrected chi connectivity index (χ3v) is 2.94. The van der Waals surface area contributed by atoms with Gasteiger partial charge in [-0.25, -0.2) is 14.4 Å². The second kappa shape index (κ2) is 4.82. The van der Waals surface area contributed by atoms with E-state index >= 15 is 0 Å². The molecule has 1 aromatic heterocycles. The Kier molecular flexibility index (Phi) is 3.01. The monoisotopic (exact) mass is 273 g/mol. The first kappa shape index (κ1) is 11.9. The number of anilines is 2. The molecule has 0 spiro atoms. The fraction of sp³-hybridized carbons (Fsp3) is 0. The van der Waals surface area contributed by atoms with Gasteiger partial charge in [0.1, 0.15) is 18.0 Å². The van der Waals surface area contributed by atoms with Crippen LogP contribution in [0.2, 0.25) is 5.02 Å². The van der Waals surface area contributed by atoms with Gasteiger partial charge in [-0.05, 0) is 42.5 Å². The van der Waals surface area contributed by atoms with Crippen LogP contribution < -0.4 is 5.32 Å². The van der Waals surface area contributed by atoms with Crippen LogP contribution in [-0.2, 0) is 0 Å². The van der Waals surface area contributed by atoms with E-state index in [4.69, 9.17) is 11.6 Å². The average Bonchev–Trinajstić information content (AvgIpc) is 2.41. The molecule has 3 nitrogen and oxygen atoms in total. The van der Waals surface area contributed by atoms with E-state index in [1.165, 1.54) is 18.5 Å². The fourth-order valence-electron chi connectivity index (χ4n) is 1.80. The topological polar surface area (TPSA) is 37.8 Å². The molecule has 0 saturated heterocycles. The minimum atomic E-state index is -0.273. The summed E-state index contributed by atoms with van der Waals surface area (Å²) in [6, 6.07) is 11.5. The molecular formula is C14H9ClFN3. The maximum atomic E-state index is 12.9. The van der Waals surface area contributed by atoms with Crippen molar-refractivity contribution in [2.75, 3.05) is 5.32 Å². The molecule has 0 aliphatic heterocycles. The van der Waals surface area contributed by atoms with E-state index in [0.29, 0.717) is 10.8 Å². The summed E-state index contributed by atoms with van der Waals surface area (Å²) in [6.45, 7) is 0. The van der Waals surface area contributed by atoms with Crippen LogP contribution in [0.15, 0.2) is 48.8 Å². The van der Waals surface area contributed by atoms with E-state index < -0.39 is 0 Å². The zero-order valence-corrected chi connectivity index (χ0v) is 10.5. The molecule has 1 N–H and O–H groups in total. The lowest BCUT2D eigenvalue weighted by Gasteiger charge is -2.08. The van der Waals surface area contributed by atoms with Gasteiger partial charge in [-0.1, -0.05) is 11.6 Å². The standard InChI is InChI=1S/C14H9ClFN3/c15-9-1-6-12-13(7-9)17-8-18-14(12)19-11-4-2-10(16)3-5-11/h1-8H,(H,17,18,19). The maximum absolute atomic E-state index is 12.9. The Morgan fingerprint density at radius 1 is 1.00 bits per heavy atom. The van der Waals surface area contributed by atoms with Gasteiger partial charge in [0.25, 0.3) is 0 Å². The summed E-state index contributed by atoms with van der Waals surface area (Å²) in [5.41, 5.74) is 1.52. The number of hydrogen-bond acceptors (Lipinski definition) is 3. The lowest BCUT2D eigenvalue weighted by Crippen LogP contribution is -1.95. The number of rotatable bonds is 2. The first-order valence-electron chi connectivity index (χ1n) is 5.65. The van der Waals surface area contributed by atoms with Crippen molar-refractivity contribution in [3.05, 3.63) is 59.6 Å². The number of aromatic nitrogens is 2. The van der Waals surface area contributed by atoms with Crippen LogP contribution in [0.4, 0.5) is 15.9 Å². The fourth-order valence-corrected chi connectivity index (χ4v) is 1.97. The summed E-state index contributed by atoms with van der Waals surface area (Å²) in [6.07, 6.45) is 1.46. The van der Waals surface area contributed by atoms with Gasteiger partial charge >= 0.3 is 0 Å². The van der Waals surface area contributed by atoms with E-state index in [2.05, 4.69) is 15.3 Å². The highest BCUT2D eigenvalue weighted by Crippen LogP contribution is 2.25. The molecule has 0 atom stereocenters. The molecule has 0 unspecified atom stereocenters. The van der Waals surface area contributed by atoms with Crippen molar-refractivity contribution in [3.8, 4) is 0 Å². The van der Waals surface area contributed by atoms with Crippen LogP contribution in [0.5, 0.6) is 0 Å². The van der Waals surface area contributed by atoms with Crippen molar-refractivity contribution in [1.82, 2.24) is 9.97 Å². The van der Waals surface area contributed by atoms with Crippen molar-refractivity contribution in [2.45, 2.75) is 0 Å². The van der Waals surface area contributed by atoms with Crippen LogP contribution in [0.3, 0.4) is 0 Å². The van der Waals surface area contributed by atoms with Gasteiger partial charge in [0, 0.05) is 16.1 Å². The number of nitrogens with zero attached hydrogens (tertiary/aromatic N) is 2. The van der Waals surface area contributed by atoms with Crippen LogP contribution in [0.25, 0.3) is 10.9 Å². The van der Waals surface area contributed by atoms with E-state index in [1.807, 2.05) is 6.07 Å². The molecule has 0 aliphatic carbocycles. The van der Waals surface area contributed by atoms with E-state index in [0.717, 1.165) is 16.6 Å². The Hall–Kier alpha value is -2.20. The van der Waals surface area contributed by atoms with Gasteiger partial charge in [-0.2, -0.15) is 0 Å². The molecule has 0 aliphatic rings. The predicted octanol–water partition coefficient (Wildman–Crippen LogP) is 4.17. The largest absolute Gasteiger partial charge is 0.340 e. The van der Waals surface area contributed by atoms with Crippen molar-refractivity contribution in [3.63, 3.8) is 0 Å². The number of hydrogen-bond donors (Lipinski definition) is 1. The molecule has 0 amide bonds. The average molecular weight is 274 g/mol. The van der Waals surface area contributed by atoms with Gasteiger partial charge in [-0.15, -0.1) is 0 Å². The molecule has 0 saturated carbocycles. The second-order valence-electron chi connectivity index (χ2n) is 4.02. The van der Waals surface area contributed by atoms with E-state index in [-0.39, 0.29) is 5.82 Å². The van der Waals surface area contributed by atoms with Crippen LogP contribution in [0, 0.1) is 5.82 Å². The Morgan fingerprint density at radius 2 is 1.79 bits per heavy atom. The lowest BCUT2D eigenvalue weighted by atomic mass is 10.2. The molecule has 3 aromatic rings. The van der Waals surface area contributed by atoms with Crippen molar-refractivity contribution < 1.29 is 4.39 Å². The van der Waals surface area contributed by atoms with Crippen molar-refractivity contribution >= 4 is 34.0 Å². The molecule has 94 valence electrons. The van der Waals surface area contributed by atoms with E-state index in [9.17, 15) is 4.39 Å². The summed E-state index contributed by atoms with van der Waals surface area (Å²) in [7, 11) is 0. The Balaban J connectivity index is 2.03. The highest BCUT2D eigenvalue weighted by Gasteiger charge is 2.04. The first-order chi connectivity index (χ1) is 9.22. The van der Waals surface area contributed by atoms with E-state index in [1.54, 1.807) is 24.3 Å². The van der Waals surface area contributed by atoms with Crippen LogP contribution in [-0.4, -0.2) is 9.97 Å². The SMILES string of the molecule is Fc1ccc(Nc2ncnc3cc(Cl)ccc23)cc1. The normalized spacial score (nSPS) is 10.6. The second-order valence-corrected chi connectivity index (χ2v) is 4.45. The molecule has 5 heteroatoms. The summed E-state index contributed by atoms with van der Waals surface area (Å²) in [4.78, 5) is 8.36. The van der Waals surface area contributed by atoms with Gasteiger partial charge < -0.3 is 5.32 Å². The predicted molar refractivity (Wildman–Crippen MR) is 74.2 cm³/mol. The lowest BCUT2D eigenvalue weighted by molar-refractivity contribution is 0.628. The molecular weight excluding hydrogens is 265 g/mol. The molecule has 3 rings (SSSR count). The summed E-state index contributed by atoms with van der Waals surface area (Å²) < 4.78 is 12.9. The molecule has 0 bridgehead atoms. The number of halogens is 2. The molecule has 0 fully saturated rings. The minimum Gasteiger partial charge on any atom is -0.340 e. The zero-order chi connectivity index (χ0) is 13.2. The Bertz CT molecular complexity index is 728. The van der Waals surface area contributed by atoms with Gasteiger partial charge in [0.05, 0.1) is 5.52 Å². The Morgan fingerprint density at radius 3 is 2.58 bits per heavy atom. The van der Waals surface area contributed by atoms with Gasteiger partial charge in [0.15, 0.2) is 0 Å². The number of nitrogens with one attached hydrogen (secondary N) is 1. The third-order valence-electron chi connectivity index (χ3n) is 2.71. The van der Waals surface area contributed by atoms with Gasteiger partial charge in [-0.3, -0.25) is 0 Å². The zero-order valence-electron chi connectivity index (χ0n) is 9.77. The van der Waals surface area contributed by atoms with Crippen molar-refractivity contribution in [1.29, 1.82) is 0 Å². The van der Waals surface area contributed by atoms with Gasteiger partial charge in [0.2, 0.25) is 0 Å². The summed E-state index contributed by atoms with van der Waals surface area (Å²) in [5.74, 6) is 0.387. The molecule has 19 heavy (non-hydrogen) atoms. The minimum absolute atomic E-state index is 0.273. The van der Waals surface area contributed by atoms with Crippen LogP contribution in [0.1, 0.15) is 0 Å². The number of benzene rings is 2. The third kappa shape index (κ3) is 2.48. The number of fused-ring (bicyclic) bond motifs is 1. The summed E-state index contributed by atoms with van der Waals surface area (Å²) in [5, 5.41) is 4.61. The smallest absolute Gasteiger partial charge is 0.141 e. The highest BCUT2D eigenvalue weighted by atomic mass is 35.5. The molecule has 1 heterocycles. The molecule has 2 aromatic carbocycles. The Labute approximate surface area is 114 Å². The highest BCUT2D eigenvalue weighted by molar-refractivity contribution is 6.31.